The Labute approximate surface area is 223 Å². The van der Waals surface area contributed by atoms with E-state index in [4.69, 9.17) is 4.74 Å². The number of amides is 2. The second-order valence-corrected chi connectivity index (χ2v) is 9.96. The van der Waals surface area contributed by atoms with Gasteiger partial charge in [-0.25, -0.2) is 4.39 Å². The summed E-state index contributed by atoms with van der Waals surface area (Å²) in [5.74, 6) is 0.739. The van der Waals surface area contributed by atoms with Crippen molar-refractivity contribution in [3.63, 3.8) is 0 Å². The molecule has 1 N–H and O–H groups in total. The molecule has 196 valence electrons. The molecule has 0 bridgehead atoms. The lowest BCUT2D eigenvalue weighted by Crippen LogP contribution is -2.52. The molecule has 3 aromatic rings. The highest BCUT2D eigenvalue weighted by atomic mass is 32.2. The lowest BCUT2D eigenvalue weighted by Gasteiger charge is -2.32. The average molecular weight is 523 g/mol. The van der Waals surface area contributed by atoms with Crippen LogP contribution in [0, 0.1) is 5.82 Å². The van der Waals surface area contributed by atoms with Crippen molar-refractivity contribution in [1.82, 2.24) is 10.2 Å². The van der Waals surface area contributed by atoms with Gasteiger partial charge in [0.25, 0.3) is 0 Å². The van der Waals surface area contributed by atoms with E-state index in [-0.39, 0.29) is 30.2 Å². The Kier molecular flexibility index (Phi) is 11.0. The molecule has 3 rings (SSSR count). The zero-order valence-electron chi connectivity index (χ0n) is 21.7. The Morgan fingerprint density at radius 1 is 0.973 bits per heavy atom. The van der Waals surface area contributed by atoms with E-state index in [0.29, 0.717) is 17.7 Å². The number of nitrogens with one attached hydrogen (secondary N) is 1. The normalized spacial score (nSPS) is 12.4. The van der Waals surface area contributed by atoms with Gasteiger partial charge >= 0.3 is 0 Å². The number of hydrogen-bond donors (Lipinski definition) is 1. The first kappa shape index (κ1) is 28.3. The Morgan fingerprint density at radius 2 is 1.65 bits per heavy atom. The van der Waals surface area contributed by atoms with Crippen LogP contribution in [0.2, 0.25) is 0 Å². The number of carbonyl (C=O) groups is 2. The van der Waals surface area contributed by atoms with Crippen molar-refractivity contribution in [2.75, 3.05) is 12.9 Å². The zero-order chi connectivity index (χ0) is 26.6. The number of methoxy groups -OCH3 is 1. The Hall–Kier alpha value is -3.32. The van der Waals surface area contributed by atoms with Gasteiger partial charge < -0.3 is 15.0 Å². The number of benzene rings is 3. The van der Waals surface area contributed by atoms with Gasteiger partial charge in [-0.3, -0.25) is 9.59 Å². The Bertz CT molecular complexity index is 1140. The van der Waals surface area contributed by atoms with Crippen molar-refractivity contribution in [3.05, 3.63) is 101 Å². The predicted octanol–water partition coefficient (Wildman–Crippen LogP) is 5.62. The molecule has 5 nitrogen and oxygen atoms in total. The third-order valence-corrected chi connectivity index (χ3v) is 7.21. The van der Waals surface area contributed by atoms with Crippen LogP contribution in [-0.2, 0) is 28.3 Å². The molecule has 0 aromatic heterocycles. The lowest BCUT2D eigenvalue weighted by molar-refractivity contribution is -0.139. The minimum atomic E-state index is -0.773. The van der Waals surface area contributed by atoms with Crippen molar-refractivity contribution in [2.45, 2.75) is 51.1 Å². The highest BCUT2D eigenvalue weighted by Crippen LogP contribution is 2.21. The van der Waals surface area contributed by atoms with Crippen LogP contribution in [0.15, 0.2) is 78.9 Å². The molecule has 0 fully saturated rings. The van der Waals surface area contributed by atoms with E-state index in [9.17, 15) is 14.0 Å². The summed E-state index contributed by atoms with van der Waals surface area (Å²) in [7, 11) is 1.62. The van der Waals surface area contributed by atoms with Gasteiger partial charge in [0, 0.05) is 30.3 Å². The van der Waals surface area contributed by atoms with Crippen LogP contribution in [-0.4, -0.2) is 41.7 Å². The smallest absolute Gasteiger partial charge is 0.243 e. The number of carbonyl (C=O) groups excluding carboxylic acids is 2. The third-order valence-electron chi connectivity index (χ3n) is 6.22. The highest BCUT2D eigenvalue weighted by Gasteiger charge is 2.31. The first-order valence-corrected chi connectivity index (χ1v) is 13.6. The van der Waals surface area contributed by atoms with E-state index >= 15 is 0 Å². The Balaban J connectivity index is 1.84. The summed E-state index contributed by atoms with van der Waals surface area (Å²) < 4.78 is 19.9. The van der Waals surface area contributed by atoms with Crippen LogP contribution >= 0.6 is 11.8 Å². The van der Waals surface area contributed by atoms with Crippen molar-refractivity contribution in [3.8, 4) is 5.75 Å². The molecular weight excluding hydrogens is 487 g/mol. The van der Waals surface area contributed by atoms with Gasteiger partial charge in [0.05, 0.1) is 12.9 Å². The topological polar surface area (TPSA) is 58.6 Å². The van der Waals surface area contributed by atoms with Crippen LogP contribution in [0.25, 0.3) is 0 Å². The second kappa shape index (κ2) is 14.4. The number of nitrogens with zero attached hydrogens (tertiary/aromatic N) is 1. The van der Waals surface area contributed by atoms with E-state index < -0.39 is 11.9 Å². The monoisotopic (exact) mass is 522 g/mol. The number of ether oxygens (including phenoxy) is 1. The number of thioether (sulfide) groups is 1. The van der Waals surface area contributed by atoms with Gasteiger partial charge in [-0.15, -0.1) is 11.8 Å². The van der Waals surface area contributed by atoms with Crippen molar-refractivity contribution in [2.24, 2.45) is 0 Å². The van der Waals surface area contributed by atoms with Gasteiger partial charge in [-0.05, 0) is 42.7 Å². The fourth-order valence-corrected chi connectivity index (χ4v) is 4.74. The van der Waals surface area contributed by atoms with E-state index in [1.807, 2.05) is 68.4 Å². The molecule has 0 aliphatic rings. The van der Waals surface area contributed by atoms with Crippen molar-refractivity contribution < 1.29 is 18.7 Å². The van der Waals surface area contributed by atoms with Crippen LogP contribution in [0.4, 0.5) is 4.39 Å². The van der Waals surface area contributed by atoms with E-state index in [0.717, 1.165) is 23.3 Å². The molecule has 0 heterocycles. The molecule has 2 unspecified atom stereocenters. The third kappa shape index (κ3) is 8.64. The molecule has 2 amide bonds. The maximum atomic E-state index is 14.7. The summed E-state index contributed by atoms with van der Waals surface area (Å²) in [6.45, 7) is 3.94. The van der Waals surface area contributed by atoms with Crippen molar-refractivity contribution in [1.29, 1.82) is 0 Å². The molecule has 0 saturated heterocycles. The first-order valence-electron chi connectivity index (χ1n) is 12.5. The molecule has 3 aromatic carbocycles. The SMILES string of the molecule is CCC(C)NC(=O)C(Cc1ccccc1)N(Cc1ccccc1F)C(=O)CSCc1ccc(OC)cc1. The molecule has 0 aliphatic heterocycles. The lowest BCUT2D eigenvalue weighted by atomic mass is 10.0. The fraction of sp³-hybridized carbons (Fsp3) is 0.333. The van der Waals surface area contributed by atoms with Gasteiger partial charge in [0.15, 0.2) is 0 Å². The highest BCUT2D eigenvalue weighted by molar-refractivity contribution is 7.99. The van der Waals surface area contributed by atoms with Crippen LogP contribution in [0.1, 0.15) is 37.0 Å². The van der Waals surface area contributed by atoms with E-state index in [1.165, 1.54) is 22.7 Å². The van der Waals surface area contributed by atoms with E-state index in [1.54, 1.807) is 25.3 Å². The molecule has 0 aliphatic carbocycles. The number of rotatable bonds is 13. The van der Waals surface area contributed by atoms with Gasteiger partial charge in [-0.1, -0.05) is 67.6 Å². The zero-order valence-corrected chi connectivity index (χ0v) is 22.5. The molecule has 37 heavy (non-hydrogen) atoms. The largest absolute Gasteiger partial charge is 0.497 e. The predicted molar refractivity (Wildman–Crippen MR) is 148 cm³/mol. The second-order valence-electron chi connectivity index (χ2n) is 8.98. The van der Waals surface area contributed by atoms with Gasteiger partial charge in [-0.2, -0.15) is 0 Å². The fourth-order valence-electron chi connectivity index (χ4n) is 3.87. The summed E-state index contributed by atoms with van der Waals surface area (Å²) in [6.07, 6.45) is 1.11. The van der Waals surface area contributed by atoms with Crippen LogP contribution in [0.5, 0.6) is 5.75 Å². The van der Waals surface area contributed by atoms with Gasteiger partial charge in [0.2, 0.25) is 11.8 Å². The van der Waals surface area contributed by atoms with E-state index in [2.05, 4.69) is 5.32 Å². The minimum Gasteiger partial charge on any atom is -0.497 e. The molecule has 2 atom stereocenters. The summed E-state index contributed by atoms with van der Waals surface area (Å²) in [6, 6.07) is 22.9. The summed E-state index contributed by atoms with van der Waals surface area (Å²) in [5.41, 5.74) is 2.38. The van der Waals surface area contributed by atoms with Crippen molar-refractivity contribution >= 4 is 23.6 Å². The molecule has 0 spiro atoms. The quantitative estimate of drug-likeness (QED) is 0.317. The van der Waals surface area contributed by atoms with Gasteiger partial charge in [0.1, 0.15) is 17.6 Å². The number of halogens is 1. The molecular formula is C30H35FN2O3S. The summed E-state index contributed by atoms with van der Waals surface area (Å²) in [4.78, 5) is 28.6. The summed E-state index contributed by atoms with van der Waals surface area (Å²) in [5, 5.41) is 3.03. The standard InChI is InChI=1S/C30H35FN2O3S/c1-4-22(2)32-30(35)28(18-23-10-6-5-7-11-23)33(19-25-12-8-9-13-27(25)31)29(34)21-37-20-24-14-16-26(36-3)17-15-24/h5-17,22,28H,4,18-21H2,1-3H3,(H,32,35). The number of hydrogen-bond acceptors (Lipinski definition) is 4. The Morgan fingerprint density at radius 3 is 2.30 bits per heavy atom. The summed E-state index contributed by atoms with van der Waals surface area (Å²) >= 11 is 1.47. The molecule has 0 saturated carbocycles. The maximum absolute atomic E-state index is 14.7. The first-order chi connectivity index (χ1) is 17.9. The molecule has 0 radical (unpaired) electrons. The molecule has 7 heteroatoms. The minimum absolute atomic E-state index is 0.0139. The van der Waals surface area contributed by atoms with Crippen LogP contribution in [0.3, 0.4) is 0 Å². The van der Waals surface area contributed by atoms with Crippen LogP contribution < -0.4 is 10.1 Å². The maximum Gasteiger partial charge on any atom is 0.243 e. The average Bonchev–Trinajstić information content (AvgIpc) is 2.92.